The Morgan fingerprint density at radius 1 is 1.04 bits per heavy atom. The van der Waals surface area contributed by atoms with Crippen LogP contribution >= 0.6 is 0 Å². The standard InChI is InChI=1S/C17H24N4O3/c22-15(13-21-8-4-7-18-17(21)24)19-9-11-20(12-10-19)16(23)14-5-2-1-3-6-14/h4,7-8,14H,1-3,5-6,9-13H2. The number of aromatic nitrogens is 2. The first-order valence-corrected chi connectivity index (χ1v) is 8.73. The van der Waals surface area contributed by atoms with Gasteiger partial charge in [-0.25, -0.2) is 9.78 Å². The largest absolute Gasteiger partial charge is 0.347 e. The maximum absolute atomic E-state index is 12.5. The van der Waals surface area contributed by atoms with Crippen LogP contribution in [-0.2, 0) is 16.1 Å². The van der Waals surface area contributed by atoms with Crippen LogP contribution in [0.1, 0.15) is 32.1 Å². The molecule has 0 aromatic carbocycles. The van der Waals surface area contributed by atoms with E-state index in [1.165, 1.54) is 17.2 Å². The van der Waals surface area contributed by atoms with E-state index in [2.05, 4.69) is 4.98 Å². The molecule has 0 spiro atoms. The zero-order chi connectivity index (χ0) is 16.9. The van der Waals surface area contributed by atoms with Crippen molar-refractivity contribution >= 4 is 11.8 Å². The Hall–Kier alpha value is -2.18. The Morgan fingerprint density at radius 2 is 1.71 bits per heavy atom. The average molecular weight is 332 g/mol. The first kappa shape index (κ1) is 16.7. The van der Waals surface area contributed by atoms with E-state index in [-0.39, 0.29) is 24.3 Å². The second kappa shape index (κ2) is 7.59. The van der Waals surface area contributed by atoms with Gasteiger partial charge in [0.15, 0.2) is 0 Å². The smallest absolute Gasteiger partial charge is 0.339 e. The fourth-order valence-corrected chi connectivity index (χ4v) is 3.54. The topological polar surface area (TPSA) is 75.5 Å². The molecule has 0 radical (unpaired) electrons. The lowest BCUT2D eigenvalue weighted by Crippen LogP contribution is -2.53. The third-order valence-corrected chi connectivity index (χ3v) is 4.99. The van der Waals surface area contributed by atoms with Crippen LogP contribution in [0.2, 0.25) is 0 Å². The van der Waals surface area contributed by atoms with Crippen molar-refractivity contribution in [3.63, 3.8) is 0 Å². The zero-order valence-corrected chi connectivity index (χ0v) is 13.9. The molecule has 7 heteroatoms. The molecule has 0 N–H and O–H groups in total. The lowest BCUT2D eigenvalue weighted by Gasteiger charge is -2.37. The molecule has 24 heavy (non-hydrogen) atoms. The molecule has 1 aliphatic heterocycles. The van der Waals surface area contributed by atoms with Crippen molar-refractivity contribution in [2.75, 3.05) is 26.2 Å². The molecule has 3 rings (SSSR count). The van der Waals surface area contributed by atoms with Gasteiger partial charge in [0, 0.05) is 44.5 Å². The molecule has 1 aliphatic carbocycles. The van der Waals surface area contributed by atoms with Crippen molar-refractivity contribution in [3.8, 4) is 0 Å². The summed E-state index contributed by atoms with van der Waals surface area (Å²) in [5.41, 5.74) is -0.419. The third-order valence-electron chi connectivity index (χ3n) is 4.99. The van der Waals surface area contributed by atoms with Crippen LogP contribution in [-0.4, -0.2) is 57.3 Å². The van der Waals surface area contributed by atoms with Crippen molar-refractivity contribution in [1.82, 2.24) is 19.4 Å². The summed E-state index contributed by atoms with van der Waals surface area (Å²) in [5.74, 6) is 0.329. The lowest BCUT2D eigenvalue weighted by molar-refractivity contribution is -0.143. The van der Waals surface area contributed by atoms with Crippen LogP contribution in [0, 0.1) is 5.92 Å². The van der Waals surface area contributed by atoms with Gasteiger partial charge in [-0.2, -0.15) is 0 Å². The molecule has 1 aromatic rings. The van der Waals surface area contributed by atoms with E-state index in [1.807, 2.05) is 4.90 Å². The molecule has 2 fully saturated rings. The molecule has 1 aromatic heterocycles. The second-order valence-electron chi connectivity index (χ2n) is 6.57. The summed E-state index contributed by atoms with van der Waals surface area (Å²) in [6, 6.07) is 1.63. The molecule has 1 saturated carbocycles. The minimum Gasteiger partial charge on any atom is -0.339 e. The maximum Gasteiger partial charge on any atom is 0.347 e. The number of hydrogen-bond donors (Lipinski definition) is 0. The van der Waals surface area contributed by atoms with E-state index in [1.54, 1.807) is 17.2 Å². The maximum atomic E-state index is 12.5. The normalized spacial score (nSPS) is 19.3. The molecule has 2 amide bonds. The monoisotopic (exact) mass is 332 g/mol. The van der Waals surface area contributed by atoms with Gasteiger partial charge in [-0.15, -0.1) is 0 Å². The van der Waals surface area contributed by atoms with E-state index < -0.39 is 5.69 Å². The molecule has 2 heterocycles. The highest BCUT2D eigenvalue weighted by Gasteiger charge is 2.29. The van der Waals surface area contributed by atoms with Crippen LogP contribution in [0.25, 0.3) is 0 Å². The summed E-state index contributed by atoms with van der Waals surface area (Å²) in [6.07, 6.45) is 8.52. The van der Waals surface area contributed by atoms with Crippen molar-refractivity contribution in [3.05, 3.63) is 28.9 Å². The number of hydrogen-bond acceptors (Lipinski definition) is 4. The quantitative estimate of drug-likeness (QED) is 0.807. The zero-order valence-electron chi connectivity index (χ0n) is 13.9. The van der Waals surface area contributed by atoms with Gasteiger partial charge in [-0.3, -0.25) is 14.2 Å². The number of carbonyl (C=O) groups is 2. The molecule has 0 atom stereocenters. The lowest BCUT2D eigenvalue weighted by atomic mass is 9.88. The summed E-state index contributed by atoms with van der Waals surface area (Å²) >= 11 is 0. The molecule has 1 saturated heterocycles. The molecule has 2 aliphatic rings. The molecule has 7 nitrogen and oxygen atoms in total. The van der Waals surface area contributed by atoms with E-state index in [9.17, 15) is 14.4 Å². The Balaban J connectivity index is 1.51. The Bertz CT molecular complexity index is 643. The van der Waals surface area contributed by atoms with Gasteiger partial charge in [-0.05, 0) is 18.9 Å². The Labute approximate surface area is 141 Å². The molecule has 0 bridgehead atoms. The van der Waals surface area contributed by atoms with E-state index in [4.69, 9.17) is 0 Å². The first-order chi connectivity index (χ1) is 11.6. The van der Waals surface area contributed by atoms with Crippen LogP contribution in [0.5, 0.6) is 0 Å². The van der Waals surface area contributed by atoms with Crippen LogP contribution in [0.4, 0.5) is 0 Å². The number of piperazine rings is 1. The molecule has 130 valence electrons. The van der Waals surface area contributed by atoms with Crippen LogP contribution < -0.4 is 5.69 Å². The average Bonchev–Trinajstić information content (AvgIpc) is 2.64. The summed E-state index contributed by atoms with van der Waals surface area (Å²) in [5, 5.41) is 0. The van der Waals surface area contributed by atoms with Crippen LogP contribution in [0.15, 0.2) is 23.3 Å². The summed E-state index contributed by atoms with van der Waals surface area (Å²) in [7, 11) is 0. The minimum atomic E-state index is -0.419. The molecule has 0 unspecified atom stereocenters. The predicted octanol–water partition coefficient (Wildman–Crippen LogP) is 0.494. The highest BCUT2D eigenvalue weighted by molar-refractivity contribution is 5.80. The van der Waals surface area contributed by atoms with Gasteiger partial charge in [0.25, 0.3) is 0 Å². The van der Waals surface area contributed by atoms with Gasteiger partial charge in [0.1, 0.15) is 6.54 Å². The van der Waals surface area contributed by atoms with Crippen molar-refractivity contribution in [2.24, 2.45) is 5.92 Å². The number of nitrogens with zero attached hydrogens (tertiary/aromatic N) is 4. The van der Waals surface area contributed by atoms with Crippen LogP contribution in [0.3, 0.4) is 0 Å². The fraction of sp³-hybridized carbons (Fsp3) is 0.647. The SMILES string of the molecule is O=C(Cn1cccnc1=O)N1CCN(C(=O)C2CCCCC2)CC1. The van der Waals surface area contributed by atoms with Crippen molar-refractivity contribution < 1.29 is 9.59 Å². The fourth-order valence-electron chi connectivity index (χ4n) is 3.54. The highest BCUT2D eigenvalue weighted by atomic mass is 16.2. The van der Waals surface area contributed by atoms with Gasteiger partial charge >= 0.3 is 5.69 Å². The van der Waals surface area contributed by atoms with E-state index in [0.717, 1.165) is 25.7 Å². The van der Waals surface area contributed by atoms with E-state index in [0.29, 0.717) is 26.2 Å². The summed E-state index contributed by atoms with van der Waals surface area (Å²) < 4.78 is 1.31. The van der Waals surface area contributed by atoms with Crippen molar-refractivity contribution in [2.45, 2.75) is 38.6 Å². The minimum absolute atomic E-state index is 0.00322. The highest BCUT2D eigenvalue weighted by Crippen LogP contribution is 2.25. The van der Waals surface area contributed by atoms with Gasteiger partial charge in [-0.1, -0.05) is 19.3 Å². The summed E-state index contributed by atoms with van der Waals surface area (Å²) in [6.45, 7) is 2.24. The second-order valence-corrected chi connectivity index (χ2v) is 6.57. The number of amides is 2. The summed E-state index contributed by atoms with van der Waals surface area (Å²) in [4.78, 5) is 43.7. The Morgan fingerprint density at radius 3 is 2.38 bits per heavy atom. The third kappa shape index (κ3) is 3.83. The number of rotatable bonds is 3. The van der Waals surface area contributed by atoms with Gasteiger partial charge in [0.2, 0.25) is 11.8 Å². The van der Waals surface area contributed by atoms with Gasteiger partial charge in [0.05, 0.1) is 0 Å². The predicted molar refractivity (Wildman–Crippen MR) is 88.2 cm³/mol. The Kier molecular flexibility index (Phi) is 5.27. The van der Waals surface area contributed by atoms with E-state index >= 15 is 0 Å². The molecular formula is C17H24N4O3. The first-order valence-electron chi connectivity index (χ1n) is 8.73. The van der Waals surface area contributed by atoms with Crippen molar-refractivity contribution in [1.29, 1.82) is 0 Å². The molecular weight excluding hydrogens is 308 g/mol. The number of carbonyl (C=O) groups excluding carboxylic acids is 2. The van der Waals surface area contributed by atoms with Gasteiger partial charge < -0.3 is 9.80 Å².